The molecule has 2 amide bonds. The molecular weight excluding hydrogens is 527 g/mol. The molecule has 5 atom stereocenters. The van der Waals surface area contributed by atoms with Crippen molar-refractivity contribution in [3.63, 3.8) is 0 Å². The molecule has 0 saturated carbocycles. The third kappa shape index (κ3) is 5.05. The number of pyridine rings is 1. The second-order valence-corrected chi connectivity index (χ2v) is 10.1. The molecule has 3 heterocycles. The Morgan fingerprint density at radius 3 is 2.54 bits per heavy atom. The first-order valence-electron chi connectivity index (χ1n) is 12.2. The molecule has 2 aromatic rings. The summed E-state index contributed by atoms with van der Waals surface area (Å²) in [5, 5.41) is 2.55. The number of nitrogens with one attached hydrogen (secondary N) is 1. The Bertz CT molecular complexity index is 1280. The number of carbonyl (C=O) groups is 2. The minimum atomic E-state index is -4.88. The van der Waals surface area contributed by atoms with E-state index in [0.29, 0.717) is 6.54 Å². The van der Waals surface area contributed by atoms with Crippen molar-refractivity contribution in [1.29, 1.82) is 0 Å². The zero-order chi connectivity index (χ0) is 28.9. The molecule has 13 heteroatoms. The standard InChI is InChI=1S/C26H29F5N4O4/c1-13-11-34(4)12-19(36)35(13)18-10-15(8-9-32-18)33-24(37)23-20(14(2)25(3,39-23)26(29,30)31)16-6-7-17(27)21(28)22(16)38-5/h6-10,13-14,20,23H,11-12H2,1-5H3,(H,32,33,37)/t13-,14+,20+,23-,25-/m1/s1. The van der Waals surface area contributed by atoms with Crippen LogP contribution in [0.15, 0.2) is 30.5 Å². The Morgan fingerprint density at radius 1 is 1.23 bits per heavy atom. The first-order valence-corrected chi connectivity index (χ1v) is 12.2. The Hall–Kier alpha value is -3.32. The summed E-state index contributed by atoms with van der Waals surface area (Å²) in [6, 6.07) is 4.50. The number of rotatable bonds is 5. The molecule has 2 fully saturated rings. The van der Waals surface area contributed by atoms with Gasteiger partial charge in [-0.1, -0.05) is 13.0 Å². The van der Waals surface area contributed by atoms with Gasteiger partial charge in [0.05, 0.1) is 13.7 Å². The molecule has 39 heavy (non-hydrogen) atoms. The molecule has 1 aromatic heterocycles. The van der Waals surface area contributed by atoms with E-state index < -0.39 is 53.0 Å². The van der Waals surface area contributed by atoms with Crippen LogP contribution < -0.4 is 15.0 Å². The summed E-state index contributed by atoms with van der Waals surface area (Å²) in [5.74, 6) is -6.85. The SMILES string of the molecule is COc1c([C@H]2[C@H](C(=O)Nc3ccnc(N4C(=O)CN(C)C[C@H]4C)c3)O[C@@](C)(C(F)(F)F)[C@H]2C)ccc(F)c1F. The molecule has 0 radical (unpaired) electrons. The minimum absolute atomic E-state index is 0.135. The Morgan fingerprint density at radius 2 is 1.92 bits per heavy atom. The van der Waals surface area contributed by atoms with Crippen LogP contribution in [-0.2, 0) is 14.3 Å². The summed E-state index contributed by atoms with van der Waals surface area (Å²) in [6.45, 7) is 4.65. The molecule has 2 aliphatic rings. The largest absolute Gasteiger partial charge is 0.493 e. The summed E-state index contributed by atoms with van der Waals surface area (Å²) < 4.78 is 81.3. The maximum Gasteiger partial charge on any atom is 0.417 e. The fourth-order valence-corrected chi connectivity index (χ4v) is 5.39. The number of aromatic nitrogens is 1. The van der Waals surface area contributed by atoms with E-state index in [4.69, 9.17) is 9.47 Å². The average molecular weight is 557 g/mol. The number of benzene rings is 1. The lowest BCUT2D eigenvalue weighted by atomic mass is 9.77. The van der Waals surface area contributed by atoms with Crippen molar-refractivity contribution in [2.24, 2.45) is 5.92 Å². The number of alkyl halides is 3. The van der Waals surface area contributed by atoms with Crippen molar-refractivity contribution in [1.82, 2.24) is 9.88 Å². The molecule has 0 spiro atoms. The number of carbonyl (C=O) groups excluding carboxylic acids is 2. The molecule has 0 aliphatic carbocycles. The number of hydrogen-bond acceptors (Lipinski definition) is 6. The highest BCUT2D eigenvalue weighted by atomic mass is 19.4. The van der Waals surface area contributed by atoms with Crippen LogP contribution in [0.2, 0.25) is 0 Å². The number of hydrogen-bond donors (Lipinski definition) is 1. The molecule has 8 nitrogen and oxygen atoms in total. The van der Waals surface area contributed by atoms with E-state index in [1.807, 2.05) is 18.9 Å². The van der Waals surface area contributed by atoms with Crippen molar-refractivity contribution >= 4 is 23.3 Å². The van der Waals surface area contributed by atoms with Crippen molar-refractivity contribution < 1.29 is 41.0 Å². The fraction of sp³-hybridized carbons (Fsp3) is 0.500. The van der Waals surface area contributed by atoms with E-state index in [1.54, 1.807) is 0 Å². The van der Waals surface area contributed by atoms with Crippen LogP contribution in [0, 0.1) is 17.6 Å². The lowest BCUT2D eigenvalue weighted by molar-refractivity contribution is -0.272. The third-order valence-corrected chi connectivity index (χ3v) is 7.52. The van der Waals surface area contributed by atoms with Crippen molar-refractivity contribution in [2.45, 2.75) is 50.6 Å². The first kappa shape index (κ1) is 28.7. The Labute approximate surface area is 222 Å². The zero-order valence-electron chi connectivity index (χ0n) is 22.0. The van der Waals surface area contributed by atoms with Gasteiger partial charge in [0.1, 0.15) is 11.9 Å². The third-order valence-electron chi connectivity index (χ3n) is 7.52. The van der Waals surface area contributed by atoms with E-state index in [-0.39, 0.29) is 35.6 Å². The van der Waals surface area contributed by atoms with Gasteiger partial charge in [0, 0.05) is 47.9 Å². The van der Waals surface area contributed by atoms with Crippen molar-refractivity contribution in [3.8, 4) is 5.75 Å². The van der Waals surface area contributed by atoms with Gasteiger partial charge in [-0.3, -0.25) is 19.4 Å². The summed E-state index contributed by atoms with van der Waals surface area (Å²) in [6.07, 6.45) is -5.27. The second kappa shape index (κ2) is 10.3. The lowest BCUT2D eigenvalue weighted by Crippen LogP contribution is -2.54. The van der Waals surface area contributed by atoms with Crippen LogP contribution in [0.1, 0.15) is 32.3 Å². The van der Waals surface area contributed by atoms with Crippen LogP contribution in [0.5, 0.6) is 5.75 Å². The van der Waals surface area contributed by atoms with Gasteiger partial charge in [-0.2, -0.15) is 17.6 Å². The van der Waals surface area contributed by atoms with Gasteiger partial charge in [0.2, 0.25) is 11.7 Å². The Balaban J connectivity index is 1.69. The Kier molecular flexibility index (Phi) is 7.60. The molecule has 4 rings (SSSR count). The molecule has 0 bridgehead atoms. The van der Waals surface area contributed by atoms with Crippen LogP contribution in [0.4, 0.5) is 33.5 Å². The summed E-state index contributed by atoms with van der Waals surface area (Å²) in [7, 11) is 2.87. The van der Waals surface area contributed by atoms with Crippen molar-refractivity contribution in [3.05, 3.63) is 47.7 Å². The van der Waals surface area contributed by atoms with Gasteiger partial charge in [-0.15, -0.1) is 0 Å². The number of likely N-dealkylation sites (N-methyl/N-ethyl adjacent to an activating group) is 1. The van der Waals surface area contributed by atoms with Crippen molar-refractivity contribution in [2.75, 3.05) is 37.5 Å². The number of piperazine rings is 1. The summed E-state index contributed by atoms with van der Waals surface area (Å²) >= 11 is 0. The fourth-order valence-electron chi connectivity index (χ4n) is 5.39. The number of nitrogens with zero attached hydrogens (tertiary/aromatic N) is 3. The van der Waals surface area contributed by atoms with E-state index >= 15 is 0 Å². The zero-order valence-corrected chi connectivity index (χ0v) is 22.0. The van der Waals surface area contributed by atoms with Gasteiger partial charge >= 0.3 is 6.18 Å². The highest BCUT2D eigenvalue weighted by Crippen LogP contribution is 2.55. The number of amides is 2. The molecular formula is C26H29F5N4O4. The predicted molar refractivity (Wildman–Crippen MR) is 131 cm³/mol. The molecule has 1 N–H and O–H groups in total. The van der Waals surface area contributed by atoms with Crippen LogP contribution in [-0.4, -0.2) is 72.9 Å². The van der Waals surface area contributed by atoms with E-state index in [2.05, 4.69) is 10.3 Å². The molecule has 212 valence electrons. The quantitative estimate of drug-likeness (QED) is 0.559. The number of ether oxygens (including phenoxy) is 2. The number of methoxy groups -OCH3 is 1. The van der Waals surface area contributed by atoms with Gasteiger partial charge in [0.25, 0.3) is 5.91 Å². The first-order chi connectivity index (χ1) is 18.2. The highest BCUT2D eigenvalue weighted by molar-refractivity contribution is 5.98. The smallest absolute Gasteiger partial charge is 0.417 e. The maximum atomic E-state index is 14.5. The van der Waals surface area contributed by atoms with E-state index in [9.17, 15) is 31.5 Å². The van der Waals surface area contributed by atoms with Gasteiger partial charge < -0.3 is 14.8 Å². The number of halogens is 5. The van der Waals surface area contributed by atoms with Crippen LogP contribution in [0.25, 0.3) is 0 Å². The second-order valence-electron chi connectivity index (χ2n) is 10.1. The number of anilines is 2. The van der Waals surface area contributed by atoms with E-state index in [0.717, 1.165) is 26.2 Å². The van der Waals surface area contributed by atoms with Gasteiger partial charge in [0.15, 0.2) is 17.2 Å². The summed E-state index contributed by atoms with van der Waals surface area (Å²) in [4.78, 5) is 33.7. The summed E-state index contributed by atoms with van der Waals surface area (Å²) in [5.41, 5.74) is -2.75. The highest BCUT2D eigenvalue weighted by Gasteiger charge is 2.66. The molecule has 0 unspecified atom stereocenters. The van der Waals surface area contributed by atoms with Crippen LogP contribution >= 0.6 is 0 Å². The van der Waals surface area contributed by atoms with E-state index in [1.165, 1.54) is 30.2 Å². The predicted octanol–water partition coefficient (Wildman–Crippen LogP) is 4.11. The molecule has 1 aromatic carbocycles. The molecule has 2 saturated heterocycles. The minimum Gasteiger partial charge on any atom is -0.493 e. The normalized spacial score (nSPS) is 28.1. The van der Waals surface area contributed by atoms with Crippen LogP contribution in [0.3, 0.4) is 0 Å². The van der Waals surface area contributed by atoms with Gasteiger partial charge in [-0.05, 0) is 33.0 Å². The average Bonchev–Trinajstić information content (AvgIpc) is 3.12. The molecule has 2 aliphatic heterocycles. The topological polar surface area (TPSA) is 84.0 Å². The maximum absolute atomic E-state index is 14.5. The monoisotopic (exact) mass is 556 g/mol. The van der Waals surface area contributed by atoms with Gasteiger partial charge in [-0.25, -0.2) is 9.37 Å². The lowest BCUT2D eigenvalue weighted by Gasteiger charge is -2.37.